The van der Waals surface area contributed by atoms with Gasteiger partial charge in [0.05, 0.1) is 11.6 Å². The number of rotatable bonds is 7. The van der Waals surface area contributed by atoms with Gasteiger partial charge in [0.2, 0.25) is 0 Å². The number of anilines is 1. The summed E-state index contributed by atoms with van der Waals surface area (Å²) in [4.78, 5) is 12.8. The molecule has 0 radical (unpaired) electrons. The Morgan fingerprint density at radius 1 is 1.06 bits per heavy atom. The van der Waals surface area contributed by atoms with Gasteiger partial charge in [-0.15, -0.1) is 0 Å². The summed E-state index contributed by atoms with van der Waals surface area (Å²) in [6.45, 7) is 8.43. The van der Waals surface area contributed by atoms with Gasteiger partial charge in [0.15, 0.2) is 11.5 Å². The Morgan fingerprint density at radius 3 is 2.50 bits per heavy atom. The van der Waals surface area contributed by atoms with E-state index in [0.29, 0.717) is 33.8 Å². The summed E-state index contributed by atoms with van der Waals surface area (Å²) in [7, 11) is 1.55. The Bertz CT molecular complexity index is 1310. The molecule has 3 aromatic rings. The Labute approximate surface area is 209 Å². The van der Waals surface area contributed by atoms with E-state index < -0.39 is 5.91 Å². The van der Waals surface area contributed by atoms with Crippen molar-refractivity contribution in [1.82, 2.24) is 0 Å². The standard InChI is InChI=1S/C28H27BrN2O3/c1-17-9-10-21(11-19(17)3)16-34-27-24(29)13-22(14-26(27)33-5)12-23(15-30)28(32)31-25-8-6-7-18(2)20(25)4/h6-14H,16H2,1-5H3,(H,31,32)/b23-12+. The zero-order valence-corrected chi connectivity index (χ0v) is 21.5. The molecule has 0 atom stereocenters. The first-order valence-electron chi connectivity index (χ1n) is 10.8. The fraction of sp³-hybridized carbons (Fsp3) is 0.214. The van der Waals surface area contributed by atoms with Crippen LogP contribution in [0.25, 0.3) is 6.08 Å². The Hall–Kier alpha value is -3.56. The number of halogens is 1. The van der Waals surface area contributed by atoms with Crippen molar-refractivity contribution in [1.29, 1.82) is 5.26 Å². The van der Waals surface area contributed by atoms with E-state index in [1.807, 2.05) is 44.2 Å². The maximum Gasteiger partial charge on any atom is 0.266 e. The van der Waals surface area contributed by atoms with E-state index in [1.54, 1.807) is 19.2 Å². The molecule has 0 unspecified atom stereocenters. The van der Waals surface area contributed by atoms with Gasteiger partial charge in [-0.2, -0.15) is 5.26 Å². The molecule has 0 aliphatic heterocycles. The van der Waals surface area contributed by atoms with Gasteiger partial charge in [-0.3, -0.25) is 4.79 Å². The molecule has 1 amide bonds. The number of hydrogen-bond donors (Lipinski definition) is 1. The van der Waals surface area contributed by atoms with E-state index in [9.17, 15) is 10.1 Å². The molecule has 0 saturated heterocycles. The normalized spacial score (nSPS) is 11.0. The number of amides is 1. The van der Waals surface area contributed by atoms with E-state index >= 15 is 0 Å². The van der Waals surface area contributed by atoms with Crippen molar-refractivity contribution in [2.45, 2.75) is 34.3 Å². The molecule has 34 heavy (non-hydrogen) atoms. The summed E-state index contributed by atoms with van der Waals surface area (Å²) < 4.78 is 12.2. The number of nitrogens with one attached hydrogen (secondary N) is 1. The minimum absolute atomic E-state index is 0.0151. The molecule has 174 valence electrons. The quantitative estimate of drug-likeness (QED) is 0.275. The Balaban J connectivity index is 1.83. The molecule has 3 rings (SSSR count). The molecule has 0 saturated carbocycles. The van der Waals surface area contributed by atoms with Crippen LogP contribution in [0.15, 0.2) is 58.6 Å². The number of carbonyl (C=O) groups excluding carboxylic acids is 1. The molecule has 3 aromatic carbocycles. The fourth-order valence-corrected chi connectivity index (χ4v) is 3.98. The van der Waals surface area contributed by atoms with Crippen LogP contribution in [-0.4, -0.2) is 13.0 Å². The summed E-state index contributed by atoms with van der Waals surface area (Å²) in [5, 5.41) is 12.4. The van der Waals surface area contributed by atoms with E-state index in [0.717, 1.165) is 16.7 Å². The van der Waals surface area contributed by atoms with Crippen molar-refractivity contribution < 1.29 is 14.3 Å². The van der Waals surface area contributed by atoms with Crippen LogP contribution in [0.2, 0.25) is 0 Å². The summed E-state index contributed by atoms with van der Waals surface area (Å²) in [5.74, 6) is 0.578. The van der Waals surface area contributed by atoms with E-state index in [1.165, 1.54) is 17.2 Å². The summed E-state index contributed by atoms with van der Waals surface area (Å²) in [6.07, 6.45) is 1.53. The second-order valence-corrected chi connectivity index (χ2v) is 8.97. The monoisotopic (exact) mass is 518 g/mol. The van der Waals surface area contributed by atoms with Crippen molar-refractivity contribution in [2.24, 2.45) is 0 Å². The number of ether oxygens (including phenoxy) is 2. The predicted molar refractivity (Wildman–Crippen MR) is 139 cm³/mol. The number of aryl methyl sites for hydroxylation is 3. The highest BCUT2D eigenvalue weighted by atomic mass is 79.9. The maximum atomic E-state index is 12.8. The lowest BCUT2D eigenvalue weighted by Gasteiger charge is -2.14. The highest BCUT2D eigenvalue weighted by molar-refractivity contribution is 9.10. The van der Waals surface area contributed by atoms with Crippen molar-refractivity contribution >= 4 is 33.6 Å². The van der Waals surface area contributed by atoms with Gasteiger partial charge < -0.3 is 14.8 Å². The molecule has 0 fully saturated rings. The lowest BCUT2D eigenvalue weighted by atomic mass is 10.1. The zero-order valence-electron chi connectivity index (χ0n) is 20.0. The molecule has 0 bridgehead atoms. The average Bonchev–Trinajstić information content (AvgIpc) is 2.81. The zero-order chi connectivity index (χ0) is 24.8. The summed E-state index contributed by atoms with van der Waals surface area (Å²) in [5.41, 5.74) is 6.81. The molecule has 1 N–H and O–H groups in total. The van der Waals surface area contributed by atoms with Crippen LogP contribution in [0.3, 0.4) is 0 Å². The van der Waals surface area contributed by atoms with Gasteiger partial charge in [0, 0.05) is 5.69 Å². The molecule has 5 nitrogen and oxygen atoms in total. The topological polar surface area (TPSA) is 71.3 Å². The van der Waals surface area contributed by atoms with E-state index in [4.69, 9.17) is 9.47 Å². The average molecular weight is 519 g/mol. The summed E-state index contributed by atoms with van der Waals surface area (Å²) in [6, 6.07) is 17.4. The number of hydrogen-bond acceptors (Lipinski definition) is 4. The third kappa shape index (κ3) is 5.86. The first kappa shape index (κ1) is 25.1. The molecule has 6 heteroatoms. The first-order chi connectivity index (χ1) is 16.2. The number of carbonyl (C=O) groups is 1. The third-order valence-electron chi connectivity index (χ3n) is 5.74. The molecule has 0 aromatic heterocycles. The Morgan fingerprint density at radius 2 is 1.82 bits per heavy atom. The van der Waals surface area contributed by atoms with Gasteiger partial charge in [0.1, 0.15) is 18.2 Å². The van der Waals surface area contributed by atoms with Crippen LogP contribution in [0.4, 0.5) is 5.69 Å². The van der Waals surface area contributed by atoms with Crippen LogP contribution in [0.1, 0.15) is 33.4 Å². The second-order valence-electron chi connectivity index (χ2n) is 8.11. The van der Waals surface area contributed by atoms with Crippen LogP contribution in [0.5, 0.6) is 11.5 Å². The third-order valence-corrected chi connectivity index (χ3v) is 6.32. The highest BCUT2D eigenvalue weighted by Crippen LogP contribution is 2.38. The fourth-order valence-electron chi connectivity index (χ4n) is 3.40. The number of nitrogens with zero attached hydrogens (tertiary/aromatic N) is 1. The maximum absolute atomic E-state index is 12.8. The lowest BCUT2D eigenvalue weighted by molar-refractivity contribution is -0.112. The molecule has 0 spiro atoms. The van der Waals surface area contributed by atoms with E-state index in [-0.39, 0.29) is 5.57 Å². The molecule has 0 aliphatic carbocycles. The largest absolute Gasteiger partial charge is 0.493 e. The second kappa shape index (κ2) is 11.0. The SMILES string of the molecule is COc1cc(/C=C(\C#N)C(=O)Nc2cccc(C)c2C)cc(Br)c1OCc1ccc(C)c(C)c1. The predicted octanol–water partition coefficient (Wildman–Crippen LogP) is 6.82. The van der Waals surface area contributed by atoms with Crippen molar-refractivity contribution in [3.05, 3.63) is 92.0 Å². The Kier molecular flexibility index (Phi) is 8.14. The van der Waals surface area contributed by atoms with Gasteiger partial charge in [0.25, 0.3) is 5.91 Å². The molecular weight excluding hydrogens is 492 g/mol. The van der Waals surface area contributed by atoms with Gasteiger partial charge in [-0.25, -0.2) is 0 Å². The number of methoxy groups -OCH3 is 1. The molecular formula is C28H27BrN2O3. The van der Waals surface area contributed by atoms with Gasteiger partial charge in [-0.05, 0) is 101 Å². The minimum Gasteiger partial charge on any atom is -0.493 e. The van der Waals surface area contributed by atoms with Gasteiger partial charge in [-0.1, -0.05) is 30.3 Å². The van der Waals surface area contributed by atoms with Crippen molar-refractivity contribution in [3.63, 3.8) is 0 Å². The van der Waals surface area contributed by atoms with Crippen LogP contribution < -0.4 is 14.8 Å². The smallest absolute Gasteiger partial charge is 0.266 e. The van der Waals surface area contributed by atoms with Crippen LogP contribution in [0, 0.1) is 39.0 Å². The van der Waals surface area contributed by atoms with E-state index in [2.05, 4.69) is 47.2 Å². The molecule has 0 aliphatic rings. The van der Waals surface area contributed by atoms with Crippen molar-refractivity contribution in [2.75, 3.05) is 12.4 Å². The first-order valence-corrected chi connectivity index (χ1v) is 11.6. The van der Waals surface area contributed by atoms with Crippen LogP contribution in [-0.2, 0) is 11.4 Å². The number of benzene rings is 3. The molecule has 0 heterocycles. The summed E-state index contributed by atoms with van der Waals surface area (Å²) >= 11 is 3.54. The lowest BCUT2D eigenvalue weighted by Crippen LogP contribution is -2.14. The van der Waals surface area contributed by atoms with Crippen LogP contribution >= 0.6 is 15.9 Å². The minimum atomic E-state index is -0.471. The van der Waals surface area contributed by atoms with Crippen molar-refractivity contribution in [3.8, 4) is 17.6 Å². The highest BCUT2D eigenvalue weighted by Gasteiger charge is 2.15. The van der Waals surface area contributed by atoms with Gasteiger partial charge >= 0.3 is 0 Å². The number of nitriles is 1.